The molecule has 1 aliphatic rings. The molecule has 1 fully saturated rings. The van der Waals surface area contributed by atoms with E-state index in [-0.39, 0.29) is 5.92 Å². The van der Waals surface area contributed by atoms with E-state index in [0.29, 0.717) is 5.92 Å². The summed E-state index contributed by atoms with van der Waals surface area (Å²) in [5, 5.41) is 0. The van der Waals surface area contributed by atoms with Gasteiger partial charge >= 0.3 is 11.9 Å². The van der Waals surface area contributed by atoms with Gasteiger partial charge in [0.25, 0.3) is 5.79 Å². The molecule has 1 aromatic rings. The minimum Gasteiger partial charge on any atom is -0.422 e. The SMILES string of the molecule is CC(C)C[C@@H](c1ccccc1)C1C(=O)OC(C)(C)OC1=O. The summed E-state index contributed by atoms with van der Waals surface area (Å²) in [4.78, 5) is 24.6. The van der Waals surface area contributed by atoms with Gasteiger partial charge in [0.15, 0.2) is 5.92 Å². The highest BCUT2D eigenvalue weighted by Gasteiger charge is 2.47. The lowest BCUT2D eigenvalue weighted by atomic mass is 9.80. The molecule has 114 valence electrons. The van der Waals surface area contributed by atoms with Crippen LogP contribution in [0.1, 0.15) is 45.6 Å². The minimum absolute atomic E-state index is 0.220. The van der Waals surface area contributed by atoms with E-state index >= 15 is 0 Å². The highest BCUT2D eigenvalue weighted by molar-refractivity contribution is 5.97. The molecule has 0 unspecified atom stereocenters. The van der Waals surface area contributed by atoms with E-state index in [1.165, 1.54) is 0 Å². The second-order valence-corrected chi connectivity index (χ2v) is 6.37. The van der Waals surface area contributed by atoms with Gasteiger partial charge < -0.3 is 9.47 Å². The highest BCUT2D eigenvalue weighted by Crippen LogP contribution is 2.37. The van der Waals surface area contributed by atoms with Crippen molar-refractivity contribution in [2.75, 3.05) is 0 Å². The fourth-order valence-electron chi connectivity index (χ4n) is 2.73. The molecule has 4 nitrogen and oxygen atoms in total. The number of carbonyl (C=O) groups is 2. The smallest absolute Gasteiger partial charge is 0.324 e. The molecule has 1 aromatic carbocycles. The molecule has 0 saturated carbocycles. The zero-order chi connectivity index (χ0) is 15.6. The van der Waals surface area contributed by atoms with Crippen molar-refractivity contribution in [3.05, 3.63) is 35.9 Å². The quantitative estimate of drug-likeness (QED) is 0.631. The van der Waals surface area contributed by atoms with Crippen molar-refractivity contribution in [2.24, 2.45) is 11.8 Å². The Balaban J connectivity index is 2.33. The number of hydrogen-bond acceptors (Lipinski definition) is 4. The number of cyclic esters (lactones) is 2. The third-order valence-electron chi connectivity index (χ3n) is 3.56. The van der Waals surface area contributed by atoms with Gasteiger partial charge in [0.05, 0.1) is 0 Å². The summed E-state index contributed by atoms with van der Waals surface area (Å²) in [6.07, 6.45) is 0.722. The van der Waals surface area contributed by atoms with E-state index in [0.717, 1.165) is 12.0 Å². The van der Waals surface area contributed by atoms with Gasteiger partial charge in [-0.05, 0) is 17.9 Å². The van der Waals surface area contributed by atoms with Crippen LogP contribution in [0.2, 0.25) is 0 Å². The Morgan fingerprint density at radius 3 is 2.05 bits per heavy atom. The van der Waals surface area contributed by atoms with Crippen molar-refractivity contribution >= 4 is 11.9 Å². The molecule has 1 atom stereocenters. The van der Waals surface area contributed by atoms with Crippen molar-refractivity contribution in [1.82, 2.24) is 0 Å². The molecule has 0 amide bonds. The van der Waals surface area contributed by atoms with Crippen molar-refractivity contribution < 1.29 is 19.1 Å². The lowest BCUT2D eigenvalue weighted by Crippen LogP contribution is -2.48. The van der Waals surface area contributed by atoms with Crippen LogP contribution in [0.25, 0.3) is 0 Å². The van der Waals surface area contributed by atoms with Crippen LogP contribution >= 0.6 is 0 Å². The van der Waals surface area contributed by atoms with Gasteiger partial charge in [-0.15, -0.1) is 0 Å². The second-order valence-electron chi connectivity index (χ2n) is 6.37. The van der Waals surface area contributed by atoms with Gasteiger partial charge in [0, 0.05) is 19.8 Å². The van der Waals surface area contributed by atoms with Crippen LogP contribution in [0.5, 0.6) is 0 Å². The Morgan fingerprint density at radius 2 is 1.57 bits per heavy atom. The van der Waals surface area contributed by atoms with E-state index < -0.39 is 23.6 Å². The first-order valence-electron chi connectivity index (χ1n) is 7.31. The van der Waals surface area contributed by atoms with Crippen molar-refractivity contribution in [3.63, 3.8) is 0 Å². The Labute approximate surface area is 125 Å². The largest absolute Gasteiger partial charge is 0.422 e. The van der Waals surface area contributed by atoms with Crippen LogP contribution in [0, 0.1) is 11.8 Å². The summed E-state index contributed by atoms with van der Waals surface area (Å²) in [7, 11) is 0. The van der Waals surface area contributed by atoms with E-state index in [2.05, 4.69) is 13.8 Å². The van der Waals surface area contributed by atoms with Gasteiger partial charge in [-0.25, -0.2) is 0 Å². The summed E-state index contributed by atoms with van der Waals surface area (Å²) in [6, 6.07) is 9.61. The average molecular weight is 290 g/mol. The van der Waals surface area contributed by atoms with Crippen LogP contribution in [-0.4, -0.2) is 17.7 Å². The van der Waals surface area contributed by atoms with E-state index in [1.54, 1.807) is 13.8 Å². The maximum Gasteiger partial charge on any atom is 0.324 e. The molecule has 0 aromatic heterocycles. The van der Waals surface area contributed by atoms with Crippen molar-refractivity contribution in [3.8, 4) is 0 Å². The summed E-state index contributed by atoms with van der Waals surface area (Å²) < 4.78 is 10.5. The normalized spacial score (nSPS) is 20.0. The molecule has 0 N–H and O–H groups in total. The molecule has 1 aliphatic heterocycles. The monoisotopic (exact) mass is 290 g/mol. The molecule has 0 aliphatic carbocycles. The molecular weight excluding hydrogens is 268 g/mol. The number of benzene rings is 1. The topological polar surface area (TPSA) is 52.6 Å². The Morgan fingerprint density at radius 1 is 1.05 bits per heavy atom. The van der Waals surface area contributed by atoms with E-state index in [4.69, 9.17) is 9.47 Å². The zero-order valence-electron chi connectivity index (χ0n) is 13.0. The predicted octanol–water partition coefficient (Wildman–Crippen LogP) is 3.27. The van der Waals surface area contributed by atoms with E-state index in [9.17, 15) is 9.59 Å². The van der Waals surface area contributed by atoms with Gasteiger partial charge in [-0.1, -0.05) is 44.2 Å². The Kier molecular flexibility index (Phi) is 4.35. The second kappa shape index (κ2) is 5.88. The van der Waals surface area contributed by atoms with Crippen LogP contribution < -0.4 is 0 Å². The van der Waals surface area contributed by atoms with Gasteiger partial charge in [0.1, 0.15) is 0 Å². The third kappa shape index (κ3) is 3.63. The molecule has 2 rings (SSSR count). The highest BCUT2D eigenvalue weighted by atomic mass is 16.7. The lowest BCUT2D eigenvalue weighted by Gasteiger charge is -2.36. The fraction of sp³-hybridized carbons (Fsp3) is 0.529. The number of ether oxygens (including phenoxy) is 2. The Bertz CT molecular complexity index is 499. The predicted molar refractivity (Wildman–Crippen MR) is 78.4 cm³/mol. The first-order chi connectivity index (χ1) is 9.80. The number of carbonyl (C=O) groups excluding carboxylic acids is 2. The summed E-state index contributed by atoms with van der Waals surface area (Å²) >= 11 is 0. The van der Waals surface area contributed by atoms with Crippen LogP contribution in [0.4, 0.5) is 0 Å². The van der Waals surface area contributed by atoms with Gasteiger partial charge in [-0.2, -0.15) is 0 Å². The maximum absolute atomic E-state index is 12.3. The summed E-state index contributed by atoms with van der Waals surface area (Å²) in [6.45, 7) is 7.27. The standard InChI is InChI=1S/C17H22O4/c1-11(2)10-13(12-8-6-5-7-9-12)14-15(18)20-17(3,4)21-16(14)19/h5-9,11,13-14H,10H2,1-4H3/t13-/m0/s1. The lowest BCUT2D eigenvalue weighted by molar-refractivity contribution is -0.241. The van der Waals surface area contributed by atoms with Crippen molar-refractivity contribution in [1.29, 1.82) is 0 Å². The van der Waals surface area contributed by atoms with Gasteiger partial charge in [-0.3, -0.25) is 9.59 Å². The van der Waals surface area contributed by atoms with E-state index in [1.807, 2.05) is 30.3 Å². The first-order valence-corrected chi connectivity index (χ1v) is 7.31. The van der Waals surface area contributed by atoms with Crippen LogP contribution in [0.15, 0.2) is 30.3 Å². The average Bonchev–Trinajstić information content (AvgIpc) is 2.36. The molecule has 21 heavy (non-hydrogen) atoms. The third-order valence-corrected chi connectivity index (χ3v) is 3.56. The van der Waals surface area contributed by atoms with Crippen molar-refractivity contribution in [2.45, 2.75) is 45.8 Å². The minimum atomic E-state index is -1.18. The summed E-state index contributed by atoms with van der Waals surface area (Å²) in [5.74, 6) is -2.92. The molecule has 0 radical (unpaired) electrons. The number of esters is 2. The fourth-order valence-corrected chi connectivity index (χ4v) is 2.73. The molecule has 0 spiro atoms. The zero-order valence-corrected chi connectivity index (χ0v) is 13.0. The molecule has 0 bridgehead atoms. The van der Waals surface area contributed by atoms with Crippen LogP contribution in [-0.2, 0) is 19.1 Å². The number of rotatable bonds is 4. The molecule has 1 heterocycles. The Hall–Kier alpha value is -1.84. The molecule has 1 saturated heterocycles. The molecular formula is C17H22O4. The number of hydrogen-bond donors (Lipinski definition) is 0. The van der Waals surface area contributed by atoms with Gasteiger partial charge in [0.2, 0.25) is 0 Å². The first kappa shape index (κ1) is 15.5. The van der Waals surface area contributed by atoms with Crippen LogP contribution in [0.3, 0.4) is 0 Å². The summed E-state index contributed by atoms with van der Waals surface area (Å²) in [5.41, 5.74) is 0.963. The molecule has 4 heteroatoms. The maximum atomic E-state index is 12.3.